The van der Waals surface area contributed by atoms with Crippen LogP contribution in [-0.2, 0) is 14.3 Å². The Balaban J connectivity index is 3.37. The molecule has 0 radical (unpaired) electrons. The molecule has 0 heterocycles. The van der Waals surface area contributed by atoms with E-state index in [0.29, 0.717) is 0 Å². The van der Waals surface area contributed by atoms with Crippen LogP contribution in [0.2, 0.25) is 0 Å². The van der Waals surface area contributed by atoms with Gasteiger partial charge in [-0.2, -0.15) is 0 Å². The first kappa shape index (κ1) is 12.2. The number of alkyl halides is 2. The van der Waals surface area contributed by atoms with Crippen LogP contribution < -0.4 is 5.73 Å². The van der Waals surface area contributed by atoms with E-state index in [-0.39, 0.29) is 13.0 Å². The summed E-state index contributed by atoms with van der Waals surface area (Å²) in [6, 6.07) is -0.803. The second kappa shape index (κ2) is 6.73. The van der Waals surface area contributed by atoms with Gasteiger partial charge in [-0.05, 0) is 6.42 Å². The molecule has 0 aliphatic heterocycles. The fourth-order valence-corrected chi connectivity index (χ4v) is 0.652. The molecule has 0 amide bonds. The van der Waals surface area contributed by atoms with Crippen LogP contribution in [0.1, 0.15) is 6.42 Å². The van der Waals surface area contributed by atoms with Gasteiger partial charge in [0.25, 0.3) is 6.43 Å². The third-order valence-corrected chi connectivity index (χ3v) is 1.32. The van der Waals surface area contributed by atoms with Crippen LogP contribution in [-0.4, -0.2) is 38.8 Å². The van der Waals surface area contributed by atoms with Crippen molar-refractivity contribution in [3.8, 4) is 0 Å². The molecule has 0 aromatic heterocycles. The largest absolute Gasteiger partial charge is 0.468 e. The zero-order valence-electron chi connectivity index (χ0n) is 7.33. The molecule has 6 heteroatoms. The lowest BCUT2D eigenvalue weighted by atomic mass is 10.2. The van der Waals surface area contributed by atoms with E-state index in [4.69, 9.17) is 5.73 Å². The third-order valence-electron chi connectivity index (χ3n) is 1.32. The van der Waals surface area contributed by atoms with Gasteiger partial charge >= 0.3 is 5.97 Å². The fraction of sp³-hybridized carbons (Fsp3) is 0.857. The maximum atomic E-state index is 11.5. The van der Waals surface area contributed by atoms with Crippen LogP contribution in [0.5, 0.6) is 0 Å². The predicted molar refractivity (Wildman–Crippen MR) is 41.4 cm³/mol. The Bertz CT molecular complexity index is 155. The minimum absolute atomic E-state index is 0.0284. The van der Waals surface area contributed by atoms with Gasteiger partial charge in [-0.25, -0.2) is 8.78 Å². The van der Waals surface area contributed by atoms with E-state index >= 15 is 0 Å². The van der Waals surface area contributed by atoms with Gasteiger partial charge in [0, 0.05) is 6.61 Å². The Morgan fingerprint density at radius 2 is 2.15 bits per heavy atom. The molecule has 1 unspecified atom stereocenters. The molecule has 0 bridgehead atoms. The quantitative estimate of drug-likeness (QED) is 0.486. The molecule has 0 rings (SSSR count). The lowest BCUT2D eigenvalue weighted by Gasteiger charge is -2.08. The minimum Gasteiger partial charge on any atom is -0.468 e. The van der Waals surface area contributed by atoms with Crippen LogP contribution in [0.15, 0.2) is 0 Å². The number of ether oxygens (including phenoxy) is 2. The maximum Gasteiger partial charge on any atom is 0.322 e. The zero-order valence-corrected chi connectivity index (χ0v) is 7.33. The number of carbonyl (C=O) groups excluding carboxylic acids is 1. The van der Waals surface area contributed by atoms with Crippen molar-refractivity contribution >= 4 is 5.97 Å². The van der Waals surface area contributed by atoms with Crippen molar-refractivity contribution in [2.45, 2.75) is 18.9 Å². The molecule has 0 aromatic rings. The smallest absolute Gasteiger partial charge is 0.322 e. The Kier molecular flexibility index (Phi) is 6.34. The number of hydrogen-bond acceptors (Lipinski definition) is 4. The number of rotatable bonds is 6. The molecule has 0 aromatic carbocycles. The Hall–Kier alpha value is -0.750. The lowest BCUT2D eigenvalue weighted by molar-refractivity contribution is -0.142. The second-order valence-corrected chi connectivity index (χ2v) is 2.38. The molecule has 0 saturated carbocycles. The van der Waals surface area contributed by atoms with Crippen molar-refractivity contribution in [2.75, 3.05) is 20.3 Å². The number of nitrogens with two attached hydrogens (primary N) is 1. The highest BCUT2D eigenvalue weighted by Crippen LogP contribution is 1.96. The standard InChI is InChI=1S/C7H13F2NO3/c1-12-7(11)5(10)2-3-13-4-6(8)9/h5-6H,2-4,10H2,1H3. The first-order valence-corrected chi connectivity index (χ1v) is 3.77. The molecule has 0 spiro atoms. The molecule has 0 saturated heterocycles. The first-order valence-electron chi connectivity index (χ1n) is 3.77. The van der Waals surface area contributed by atoms with Gasteiger partial charge in [-0.3, -0.25) is 4.79 Å². The van der Waals surface area contributed by atoms with E-state index in [2.05, 4.69) is 9.47 Å². The van der Waals surface area contributed by atoms with Gasteiger partial charge in [0.2, 0.25) is 0 Å². The summed E-state index contributed by atoms with van der Waals surface area (Å²) >= 11 is 0. The summed E-state index contributed by atoms with van der Waals surface area (Å²) in [5.41, 5.74) is 5.30. The van der Waals surface area contributed by atoms with E-state index in [1.165, 1.54) is 7.11 Å². The lowest BCUT2D eigenvalue weighted by Crippen LogP contribution is -2.32. The van der Waals surface area contributed by atoms with Gasteiger partial charge in [0.05, 0.1) is 7.11 Å². The van der Waals surface area contributed by atoms with Gasteiger partial charge in [-0.15, -0.1) is 0 Å². The monoisotopic (exact) mass is 197 g/mol. The molecule has 1 atom stereocenters. The van der Waals surface area contributed by atoms with Crippen LogP contribution in [0, 0.1) is 0 Å². The molecule has 2 N–H and O–H groups in total. The summed E-state index contributed by atoms with van der Waals surface area (Å²) in [5, 5.41) is 0. The summed E-state index contributed by atoms with van der Waals surface area (Å²) in [5.74, 6) is -0.569. The number of halogens is 2. The topological polar surface area (TPSA) is 61.5 Å². The summed E-state index contributed by atoms with van der Waals surface area (Å²) in [7, 11) is 1.21. The summed E-state index contributed by atoms with van der Waals surface area (Å²) in [6.45, 7) is -0.603. The van der Waals surface area contributed by atoms with Crippen LogP contribution >= 0.6 is 0 Å². The summed E-state index contributed by atoms with van der Waals surface area (Å²) < 4.78 is 31.9. The number of methoxy groups -OCH3 is 1. The number of carbonyl (C=O) groups is 1. The highest BCUT2D eigenvalue weighted by Gasteiger charge is 2.13. The van der Waals surface area contributed by atoms with Crippen molar-refractivity contribution in [3.63, 3.8) is 0 Å². The highest BCUT2D eigenvalue weighted by molar-refractivity contribution is 5.75. The van der Waals surface area contributed by atoms with E-state index in [0.717, 1.165) is 0 Å². The Morgan fingerprint density at radius 3 is 2.62 bits per heavy atom. The summed E-state index contributed by atoms with van der Waals surface area (Å²) in [6.07, 6.45) is -2.31. The van der Waals surface area contributed by atoms with E-state index in [9.17, 15) is 13.6 Å². The predicted octanol–water partition coefficient (Wildman–Crippen LogP) is 0.158. The normalized spacial score (nSPS) is 13.0. The van der Waals surface area contributed by atoms with E-state index < -0.39 is 25.0 Å². The van der Waals surface area contributed by atoms with Gasteiger partial charge < -0.3 is 15.2 Å². The van der Waals surface area contributed by atoms with Crippen LogP contribution in [0.4, 0.5) is 8.78 Å². The Labute approximate surface area is 75.0 Å². The molecule has 0 fully saturated rings. The average Bonchev–Trinajstić information content (AvgIpc) is 2.10. The van der Waals surface area contributed by atoms with Crippen molar-refractivity contribution in [3.05, 3.63) is 0 Å². The fourth-order valence-electron chi connectivity index (χ4n) is 0.652. The zero-order chi connectivity index (χ0) is 10.3. The van der Waals surface area contributed by atoms with Gasteiger partial charge in [-0.1, -0.05) is 0 Å². The second-order valence-electron chi connectivity index (χ2n) is 2.38. The van der Waals surface area contributed by atoms with Gasteiger partial charge in [0.15, 0.2) is 0 Å². The molecule has 0 aliphatic rings. The third kappa shape index (κ3) is 6.41. The van der Waals surface area contributed by atoms with Crippen LogP contribution in [0.25, 0.3) is 0 Å². The molecular formula is C7H13F2NO3. The van der Waals surface area contributed by atoms with E-state index in [1.54, 1.807) is 0 Å². The highest BCUT2D eigenvalue weighted by atomic mass is 19.3. The molecule has 4 nitrogen and oxygen atoms in total. The van der Waals surface area contributed by atoms with Crippen molar-refractivity contribution in [1.29, 1.82) is 0 Å². The molecule has 13 heavy (non-hydrogen) atoms. The molecule has 78 valence electrons. The van der Waals surface area contributed by atoms with Crippen molar-refractivity contribution in [1.82, 2.24) is 0 Å². The SMILES string of the molecule is COC(=O)C(N)CCOCC(F)F. The van der Waals surface area contributed by atoms with Crippen LogP contribution in [0.3, 0.4) is 0 Å². The Morgan fingerprint density at radius 1 is 1.54 bits per heavy atom. The first-order chi connectivity index (χ1) is 6.07. The van der Waals surface area contributed by atoms with Crippen molar-refractivity contribution in [2.24, 2.45) is 5.73 Å². The molecular weight excluding hydrogens is 184 g/mol. The van der Waals surface area contributed by atoms with Gasteiger partial charge in [0.1, 0.15) is 12.6 Å². The summed E-state index contributed by atoms with van der Waals surface area (Å²) in [4.78, 5) is 10.7. The molecule has 0 aliphatic carbocycles. The minimum atomic E-state index is -2.49. The van der Waals surface area contributed by atoms with E-state index in [1.807, 2.05) is 0 Å². The maximum absolute atomic E-state index is 11.5. The number of hydrogen-bond donors (Lipinski definition) is 1. The van der Waals surface area contributed by atoms with Crippen molar-refractivity contribution < 1.29 is 23.0 Å². The average molecular weight is 197 g/mol. The number of esters is 1.